The van der Waals surface area contributed by atoms with Gasteiger partial charge >= 0.3 is 0 Å². The minimum Gasteiger partial charge on any atom is -0.352 e. The number of hydrogen-bond donors (Lipinski definition) is 1. The highest BCUT2D eigenvalue weighted by Crippen LogP contribution is 2.26. The first-order chi connectivity index (χ1) is 19.7. The molecule has 1 unspecified atom stereocenters. The fourth-order valence-electron chi connectivity index (χ4n) is 5.11. The van der Waals surface area contributed by atoms with E-state index in [2.05, 4.69) is 21.2 Å². The number of hydrogen-bond acceptors (Lipinski definition) is 4. The first-order valence-electron chi connectivity index (χ1n) is 13.9. The molecule has 1 fully saturated rings. The lowest BCUT2D eigenvalue weighted by atomic mass is 9.95. The number of nitrogens with one attached hydrogen (secondary N) is 1. The van der Waals surface area contributed by atoms with Crippen LogP contribution in [0.4, 0.5) is 10.1 Å². The summed E-state index contributed by atoms with van der Waals surface area (Å²) in [7, 11) is -4.13. The summed E-state index contributed by atoms with van der Waals surface area (Å²) in [6.45, 7) is 1.33. The Labute approximate surface area is 249 Å². The molecule has 1 N–H and O–H groups in total. The number of carbonyl (C=O) groups excluding carboxylic acids is 2. The molecule has 2 amide bonds. The number of rotatable bonds is 11. The van der Waals surface area contributed by atoms with Crippen LogP contribution >= 0.6 is 15.9 Å². The maximum Gasteiger partial charge on any atom is 0.264 e. The standard InChI is InChI=1S/C31H35BrFN3O4S/c1-2-29(31(38)34-26-9-5-3-6-10-26)35(21-23-13-17-25(33)18-14-23)30(37)22-36(27-19-15-24(32)16-20-27)41(39,40)28-11-7-4-8-12-28/h4,7-8,11-20,26,29H,2-3,5-6,9-10,21-22H2,1H3,(H,34,38). The molecule has 1 aliphatic carbocycles. The third-order valence-corrected chi connectivity index (χ3v) is 9.65. The molecule has 3 aromatic rings. The topological polar surface area (TPSA) is 86.8 Å². The summed E-state index contributed by atoms with van der Waals surface area (Å²) < 4.78 is 43.1. The van der Waals surface area contributed by atoms with Crippen LogP contribution in [0, 0.1) is 5.82 Å². The van der Waals surface area contributed by atoms with E-state index in [1.165, 1.54) is 29.2 Å². The summed E-state index contributed by atoms with van der Waals surface area (Å²) in [5.41, 5.74) is 0.941. The molecule has 0 saturated heterocycles. The van der Waals surface area contributed by atoms with Crippen LogP contribution in [0.3, 0.4) is 0 Å². The summed E-state index contributed by atoms with van der Waals surface area (Å²) >= 11 is 3.38. The number of anilines is 1. The summed E-state index contributed by atoms with van der Waals surface area (Å²) in [6, 6.07) is 19.5. The van der Waals surface area contributed by atoms with E-state index in [1.807, 2.05) is 6.92 Å². The molecule has 7 nitrogen and oxygen atoms in total. The van der Waals surface area contributed by atoms with Crippen molar-refractivity contribution >= 4 is 43.5 Å². The summed E-state index contributed by atoms with van der Waals surface area (Å²) in [4.78, 5) is 29.1. The second kappa shape index (κ2) is 14.1. The lowest BCUT2D eigenvalue weighted by Crippen LogP contribution is -2.54. The van der Waals surface area contributed by atoms with E-state index in [4.69, 9.17) is 0 Å². The van der Waals surface area contributed by atoms with E-state index in [0.717, 1.165) is 40.9 Å². The average molecular weight is 645 g/mol. The molecular formula is C31H35BrFN3O4S. The van der Waals surface area contributed by atoms with E-state index >= 15 is 0 Å². The molecule has 0 aromatic heterocycles. The Bertz CT molecular complexity index is 1410. The zero-order chi connectivity index (χ0) is 29.4. The third kappa shape index (κ3) is 7.95. The number of halogens is 2. The van der Waals surface area contributed by atoms with Crippen LogP contribution < -0.4 is 9.62 Å². The molecule has 0 heterocycles. The molecule has 3 aromatic carbocycles. The van der Waals surface area contributed by atoms with Gasteiger partial charge in [-0.05, 0) is 73.4 Å². The van der Waals surface area contributed by atoms with Crippen LogP contribution in [0.5, 0.6) is 0 Å². The largest absolute Gasteiger partial charge is 0.352 e. The molecule has 1 atom stereocenters. The van der Waals surface area contributed by atoms with Crippen molar-refractivity contribution in [2.75, 3.05) is 10.8 Å². The van der Waals surface area contributed by atoms with Crippen LogP contribution in [0.2, 0.25) is 0 Å². The van der Waals surface area contributed by atoms with Gasteiger partial charge in [0.2, 0.25) is 11.8 Å². The highest BCUT2D eigenvalue weighted by Gasteiger charge is 2.34. The van der Waals surface area contributed by atoms with Gasteiger partial charge in [0.1, 0.15) is 18.4 Å². The predicted molar refractivity (Wildman–Crippen MR) is 161 cm³/mol. The molecule has 10 heteroatoms. The van der Waals surface area contributed by atoms with Crippen LogP contribution in [0.1, 0.15) is 51.0 Å². The molecule has 4 rings (SSSR count). The number of benzene rings is 3. The van der Waals surface area contributed by atoms with Crippen molar-refractivity contribution < 1.29 is 22.4 Å². The molecule has 1 saturated carbocycles. The fraction of sp³-hybridized carbons (Fsp3) is 0.355. The molecule has 41 heavy (non-hydrogen) atoms. The van der Waals surface area contributed by atoms with Gasteiger partial charge in [0.05, 0.1) is 10.6 Å². The van der Waals surface area contributed by atoms with Crippen molar-refractivity contribution in [2.24, 2.45) is 0 Å². The lowest BCUT2D eigenvalue weighted by Gasteiger charge is -2.34. The molecule has 0 bridgehead atoms. The van der Waals surface area contributed by atoms with Gasteiger partial charge in [0.15, 0.2) is 0 Å². The zero-order valence-electron chi connectivity index (χ0n) is 23.0. The first kappa shape index (κ1) is 30.7. The molecule has 1 aliphatic rings. The van der Waals surface area contributed by atoms with Crippen LogP contribution in [0.25, 0.3) is 0 Å². The van der Waals surface area contributed by atoms with Crippen LogP contribution in [-0.4, -0.2) is 43.8 Å². The number of amides is 2. The minimum absolute atomic E-state index is 0.0231. The summed E-state index contributed by atoms with van der Waals surface area (Å²) in [5, 5.41) is 3.12. The number of carbonyl (C=O) groups is 2. The minimum atomic E-state index is -4.13. The number of nitrogens with zero attached hydrogens (tertiary/aromatic N) is 2. The van der Waals surface area contributed by atoms with Gasteiger partial charge in [-0.25, -0.2) is 12.8 Å². The van der Waals surface area contributed by atoms with Crippen molar-refractivity contribution in [3.63, 3.8) is 0 Å². The molecule has 0 aliphatic heterocycles. The Balaban J connectivity index is 1.68. The van der Waals surface area contributed by atoms with Gasteiger partial charge in [-0.15, -0.1) is 0 Å². The second-order valence-electron chi connectivity index (χ2n) is 10.2. The molecule has 0 spiro atoms. The highest BCUT2D eigenvalue weighted by molar-refractivity contribution is 9.10. The SMILES string of the molecule is CCC(C(=O)NC1CCCCC1)N(Cc1ccc(F)cc1)C(=O)CN(c1ccc(Br)cc1)S(=O)(=O)c1ccccc1. The Morgan fingerprint density at radius 1 is 0.951 bits per heavy atom. The quantitative estimate of drug-likeness (QED) is 0.276. The Hall–Kier alpha value is -3.24. The molecule has 218 valence electrons. The van der Waals surface area contributed by atoms with Gasteiger partial charge in [-0.1, -0.05) is 72.4 Å². The van der Waals surface area contributed by atoms with Crippen LogP contribution in [0.15, 0.2) is 88.2 Å². The Morgan fingerprint density at radius 2 is 1.59 bits per heavy atom. The number of sulfonamides is 1. The van der Waals surface area contributed by atoms with Crippen molar-refractivity contribution in [1.82, 2.24) is 10.2 Å². The maximum absolute atomic E-state index is 14.1. The summed E-state index contributed by atoms with van der Waals surface area (Å²) in [5.74, 6) is -1.22. The normalized spacial score (nSPS) is 14.7. The molecular weight excluding hydrogens is 609 g/mol. The van der Waals surface area contributed by atoms with Crippen molar-refractivity contribution in [2.45, 2.75) is 69.0 Å². The van der Waals surface area contributed by atoms with E-state index < -0.39 is 34.3 Å². The van der Waals surface area contributed by atoms with Gasteiger partial charge in [-0.2, -0.15) is 0 Å². The lowest BCUT2D eigenvalue weighted by molar-refractivity contribution is -0.140. The fourth-order valence-corrected chi connectivity index (χ4v) is 6.81. The Morgan fingerprint density at radius 3 is 2.20 bits per heavy atom. The third-order valence-electron chi connectivity index (χ3n) is 7.33. The van der Waals surface area contributed by atoms with E-state index in [-0.39, 0.29) is 23.4 Å². The van der Waals surface area contributed by atoms with Gasteiger partial charge in [0.25, 0.3) is 10.0 Å². The first-order valence-corrected chi connectivity index (χ1v) is 16.1. The monoisotopic (exact) mass is 643 g/mol. The zero-order valence-corrected chi connectivity index (χ0v) is 25.4. The Kier molecular flexibility index (Phi) is 10.6. The van der Waals surface area contributed by atoms with Crippen LogP contribution in [-0.2, 0) is 26.2 Å². The van der Waals surface area contributed by atoms with Gasteiger partial charge in [-0.3, -0.25) is 13.9 Å². The van der Waals surface area contributed by atoms with E-state index in [0.29, 0.717) is 17.7 Å². The van der Waals surface area contributed by atoms with E-state index in [9.17, 15) is 22.4 Å². The molecule has 0 radical (unpaired) electrons. The second-order valence-corrected chi connectivity index (χ2v) is 13.0. The average Bonchev–Trinajstić information content (AvgIpc) is 2.98. The van der Waals surface area contributed by atoms with Gasteiger partial charge < -0.3 is 10.2 Å². The smallest absolute Gasteiger partial charge is 0.264 e. The van der Waals surface area contributed by atoms with Crippen molar-refractivity contribution in [1.29, 1.82) is 0 Å². The maximum atomic E-state index is 14.1. The van der Waals surface area contributed by atoms with Crippen molar-refractivity contribution in [3.05, 3.63) is 94.7 Å². The van der Waals surface area contributed by atoms with Gasteiger partial charge in [0, 0.05) is 17.1 Å². The van der Waals surface area contributed by atoms with E-state index in [1.54, 1.807) is 54.6 Å². The van der Waals surface area contributed by atoms with Crippen molar-refractivity contribution in [3.8, 4) is 0 Å². The highest BCUT2D eigenvalue weighted by atomic mass is 79.9. The predicted octanol–water partition coefficient (Wildman–Crippen LogP) is 6.04. The summed E-state index contributed by atoms with van der Waals surface area (Å²) in [6.07, 6.45) is 5.33.